The number of benzene rings is 7. The zero-order valence-corrected chi connectivity index (χ0v) is 28.1. The molecule has 10 rings (SSSR count). The van der Waals surface area contributed by atoms with E-state index in [1.165, 1.54) is 65.5 Å². The van der Waals surface area contributed by atoms with Crippen molar-refractivity contribution in [3.05, 3.63) is 156 Å². The molecule has 1 aliphatic carbocycles. The lowest BCUT2D eigenvalue weighted by Crippen LogP contribution is -1.94. The summed E-state index contributed by atoms with van der Waals surface area (Å²) < 4.78 is 13.2. The number of allylic oxidation sites excluding steroid dienone is 2. The van der Waals surface area contributed by atoms with Crippen LogP contribution in [0.4, 0.5) is 0 Å². The predicted octanol–water partition coefficient (Wildman–Crippen LogP) is 13.9. The van der Waals surface area contributed by atoms with Crippen LogP contribution >= 0.6 is 0 Å². The Bertz CT molecular complexity index is 2830. The molecule has 50 heavy (non-hydrogen) atoms. The normalized spacial score (nSPS) is 13.1. The van der Waals surface area contributed by atoms with Crippen molar-refractivity contribution in [3.63, 3.8) is 0 Å². The summed E-state index contributed by atoms with van der Waals surface area (Å²) in [5, 5.41) is 9.77. The smallest absolute Gasteiger partial charge is 0.143 e. The van der Waals surface area contributed by atoms with E-state index in [-0.39, 0.29) is 0 Å². The molecule has 0 saturated carbocycles. The molecule has 0 atom stereocenters. The van der Waals surface area contributed by atoms with Crippen LogP contribution in [0.5, 0.6) is 0 Å². The fourth-order valence-corrected chi connectivity index (χ4v) is 8.51. The van der Waals surface area contributed by atoms with Crippen molar-refractivity contribution in [2.45, 2.75) is 26.7 Å². The van der Waals surface area contributed by atoms with Gasteiger partial charge in [0.15, 0.2) is 0 Å². The molecule has 0 fully saturated rings. The standard InChI is InChI=1S/C48H34O2/c1-3-14-31-29(2)49-43-26-13-24-38(46(31)43)39-27-28-41(47-40-22-10-11-25-42(40)50-48(39)47)45-36-20-8-6-18-34(36)44(35-19-7-9-21-37(35)45)33-23-12-16-30-15-4-5-17-32(30)33/h3-10,12-24,26-28H,11,25H2,1-2H3/b14-3-. The average molecular weight is 643 g/mol. The molecule has 2 aromatic heterocycles. The number of fused-ring (bicyclic) bond motifs is 7. The topological polar surface area (TPSA) is 26.3 Å². The molecule has 2 nitrogen and oxygen atoms in total. The summed E-state index contributed by atoms with van der Waals surface area (Å²) >= 11 is 0. The van der Waals surface area contributed by atoms with Crippen LogP contribution in [0, 0.1) is 6.92 Å². The minimum Gasteiger partial charge on any atom is -0.461 e. The fourth-order valence-electron chi connectivity index (χ4n) is 8.51. The number of rotatable bonds is 4. The number of hydrogen-bond acceptors (Lipinski definition) is 2. The van der Waals surface area contributed by atoms with Crippen LogP contribution in [-0.2, 0) is 6.42 Å². The Morgan fingerprint density at radius 2 is 1.18 bits per heavy atom. The van der Waals surface area contributed by atoms with Crippen LogP contribution in [0.25, 0.3) is 99.8 Å². The SMILES string of the molecule is C/C=C\c1c(C)oc2cccc(-c3ccc(-c4c5ccccc5c(-c5cccc6ccccc56)c5ccccc45)c4c5c(oc34)CCC=C5)c12. The Morgan fingerprint density at radius 3 is 1.92 bits per heavy atom. The lowest BCUT2D eigenvalue weighted by atomic mass is 9.83. The van der Waals surface area contributed by atoms with E-state index in [2.05, 4.69) is 153 Å². The van der Waals surface area contributed by atoms with Gasteiger partial charge in [-0.2, -0.15) is 0 Å². The van der Waals surface area contributed by atoms with Crippen LogP contribution in [0.15, 0.2) is 142 Å². The molecule has 0 aliphatic heterocycles. The first-order valence-electron chi connectivity index (χ1n) is 17.5. The van der Waals surface area contributed by atoms with Gasteiger partial charge in [0.25, 0.3) is 0 Å². The van der Waals surface area contributed by atoms with Crippen molar-refractivity contribution >= 4 is 66.4 Å². The van der Waals surface area contributed by atoms with Crippen LogP contribution in [0.2, 0.25) is 0 Å². The zero-order valence-electron chi connectivity index (χ0n) is 28.1. The molecule has 0 radical (unpaired) electrons. The van der Waals surface area contributed by atoms with Gasteiger partial charge in [-0.05, 0) is 92.5 Å². The molecule has 1 aliphatic rings. The van der Waals surface area contributed by atoms with Crippen molar-refractivity contribution < 1.29 is 8.83 Å². The van der Waals surface area contributed by atoms with E-state index in [4.69, 9.17) is 8.83 Å². The van der Waals surface area contributed by atoms with E-state index >= 15 is 0 Å². The molecule has 238 valence electrons. The van der Waals surface area contributed by atoms with E-state index in [0.717, 1.165) is 57.6 Å². The molecule has 0 amide bonds. The van der Waals surface area contributed by atoms with Crippen molar-refractivity contribution in [2.24, 2.45) is 0 Å². The van der Waals surface area contributed by atoms with E-state index in [1.807, 2.05) is 6.92 Å². The molecule has 0 spiro atoms. The summed E-state index contributed by atoms with van der Waals surface area (Å²) in [4.78, 5) is 0. The maximum absolute atomic E-state index is 6.96. The van der Waals surface area contributed by atoms with Gasteiger partial charge in [-0.1, -0.05) is 133 Å². The Hall–Kier alpha value is -6.12. The fraction of sp³-hybridized carbons (Fsp3) is 0.0833. The molecular weight excluding hydrogens is 609 g/mol. The molecule has 0 N–H and O–H groups in total. The molecule has 0 saturated heterocycles. The minimum absolute atomic E-state index is 0.889. The number of hydrogen-bond donors (Lipinski definition) is 0. The van der Waals surface area contributed by atoms with Gasteiger partial charge in [0.05, 0.1) is 0 Å². The van der Waals surface area contributed by atoms with Gasteiger partial charge in [-0.25, -0.2) is 0 Å². The van der Waals surface area contributed by atoms with Crippen molar-refractivity contribution in [1.82, 2.24) is 0 Å². The van der Waals surface area contributed by atoms with Crippen LogP contribution in [-0.4, -0.2) is 0 Å². The first-order valence-corrected chi connectivity index (χ1v) is 17.5. The lowest BCUT2D eigenvalue weighted by Gasteiger charge is -2.20. The monoisotopic (exact) mass is 642 g/mol. The van der Waals surface area contributed by atoms with E-state index < -0.39 is 0 Å². The van der Waals surface area contributed by atoms with Gasteiger partial charge in [0.2, 0.25) is 0 Å². The summed E-state index contributed by atoms with van der Waals surface area (Å²) in [6.45, 7) is 4.10. The first-order chi connectivity index (χ1) is 24.7. The predicted molar refractivity (Wildman–Crippen MR) is 212 cm³/mol. The second-order valence-corrected chi connectivity index (χ2v) is 13.4. The molecule has 2 heteroatoms. The van der Waals surface area contributed by atoms with Gasteiger partial charge in [-0.3, -0.25) is 0 Å². The van der Waals surface area contributed by atoms with E-state index in [1.54, 1.807) is 0 Å². The first kappa shape index (κ1) is 28.9. The molecule has 0 unspecified atom stereocenters. The Balaban J connectivity index is 1.34. The second kappa shape index (κ2) is 11.2. The quantitative estimate of drug-likeness (QED) is 0.179. The van der Waals surface area contributed by atoms with Gasteiger partial charge in [0, 0.05) is 33.9 Å². The average Bonchev–Trinajstić information content (AvgIpc) is 3.71. The Labute approximate surface area is 290 Å². The van der Waals surface area contributed by atoms with Crippen molar-refractivity contribution in [2.75, 3.05) is 0 Å². The van der Waals surface area contributed by atoms with Gasteiger partial charge in [-0.15, -0.1) is 0 Å². The highest BCUT2D eigenvalue weighted by atomic mass is 16.3. The third kappa shape index (κ3) is 4.15. The summed E-state index contributed by atoms with van der Waals surface area (Å²) in [6, 6.07) is 44.2. The highest BCUT2D eigenvalue weighted by Gasteiger charge is 2.26. The van der Waals surface area contributed by atoms with E-state index in [0.29, 0.717) is 0 Å². The largest absolute Gasteiger partial charge is 0.461 e. The Morgan fingerprint density at radius 1 is 0.560 bits per heavy atom. The zero-order chi connectivity index (χ0) is 33.3. The molecule has 2 heterocycles. The maximum Gasteiger partial charge on any atom is 0.143 e. The van der Waals surface area contributed by atoms with Crippen LogP contribution < -0.4 is 0 Å². The highest BCUT2D eigenvalue weighted by Crippen LogP contribution is 2.50. The highest BCUT2D eigenvalue weighted by molar-refractivity contribution is 6.26. The van der Waals surface area contributed by atoms with Gasteiger partial charge in [0.1, 0.15) is 22.7 Å². The maximum atomic E-state index is 6.96. The molecule has 7 aromatic carbocycles. The van der Waals surface area contributed by atoms with Gasteiger partial charge < -0.3 is 8.83 Å². The van der Waals surface area contributed by atoms with Crippen molar-refractivity contribution in [1.29, 1.82) is 0 Å². The lowest BCUT2D eigenvalue weighted by molar-refractivity contribution is 0.547. The number of furan rings is 2. The summed E-state index contributed by atoms with van der Waals surface area (Å²) in [5.41, 5.74) is 11.3. The molecule has 0 bridgehead atoms. The summed E-state index contributed by atoms with van der Waals surface area (Å²) in [7, 11) is 0. The molecular formula is C48H34O2. The minimum atomic E-state index is 0.889. The third-order valence-corrected chi connectivity index (χ3v) is 10.6. The summed E-state index contributed by atoms with van der Waals surface area (Å²) in [6.07, 6.45) is 10.7. The third-order valence-electron chi connectivity index (χ3n) is 10.6. The van der Waals surface area contributed by atoms with Crippen LogP contribution in [0.3, 0.4) is 0 Å². The summed E-state index contributed by atoms with van der Waals surface area (Å²) in [5.74, 6) is 1.98. The molecule has 9 aromatic rings. The Kier molecular flexibility index (Phi) is 6.47. The van der Waals surface area contributed by atoms with Crippen LogP contribution in [0.1, 0.15) is 36.0 Å². The second-order valence-electron chi connectivity index (χ2n) is 13.4. The van der Waals surface area contributed by atoms with Gasteiger partial charge >= 0.3 is 0 Å². The van der Waals surface area contributed by atoms with Crippen molar-refractivity contribution in [3.8, 4) is 33.4 Å². The number of aryl methyl sites for hydroxylation is 2. The van der Waals surface area contributed by atoms with E-state index in [9.17, 15) is 0 Å².